The van der Waals surface area contributed by atoms with Gasteiger partial charge in [0.15, 0.2) is 6.61 Å². The van der Waals surface area contributed by atoms with Gasteiger partial charge in [-0.15, -0.1) is 0 Å². The van der Waals surface area contributed by atoms with Crippen LogP contribution in [-0.4, -0.2) is 67.3 Å². The van der Waals surface area contributed by atoms with Crippen molar-refractivity contribution in [3.63, 3.8) is 0 Å². The number of ether oxygens (including phenoxy) is 3. The Kier molecular flexibility index (Phi) is 5.57. The van der Waals surface area contributed by atoms with E-state index in [2.05, 4.69) is 9.88 Å². The molecule has 4 rings (SSSR count). The lowest BCUT2D eigenvalue weighted by Crippen LogP contribution is -2.40. The molecule has 0 aliphatic carbocycles. The molecule has 0 atom stereocenters. The van der Waals surface area contributed by atoms with Crippen LogP contribution >= 0.6 is 0 Å². The molecule has 1 saturated heterocycles. The summed E-state index contributed by atoms with van der Waals surface area (Å²) >= 11 is 0. The van der Waals surface area contributed by atoms with Gasteiger partial charge in [-0.25, -0.2) is 9.97 Å². The molecule has 1 aromatic heterocycles. The molecule has 2 aromatic rings. The average Bonchev–Trinajstić information content (AvgIpc) is 2.77. The number of amides is 1. The first-order valence-electron chi connectivity index (χ1n) is 9.45. The van der Waals surface area contributed by atoms with E-state index in [0.29, 0.717) is 43.8 Å². The van der Waals surface area contributed by atoms with Crippen molar-refractivity contribution >= 4 is 11.9 Å². The number of aromatic nitrogens is 2. The smallest absolute Gasteiger partial charge is 0.260 e. The molecule has 1 fully saturated rings. The third-order valence-corrected chi connectivity index (χ3v) is 4.98. The summed E-state index contributed by atoms with van der Waals surface area (Å²) in [5, 5.41) is 0. The van der Waals surface area contributed by atoms with Crippen molar-refractivity contribution in [2.45, 2.75) is 13.0 Å². The van der Waals surface area contributed by atoms with Crippen molar-refractivity contribution in [1.82, 2.24) is 14.9 Å². The quantitative estimate of drug-likeness (QED) is 0.769. The molecule has 0 spiro atoms. The predicted molar refractivity (Wildman–Crippen MR) is 103 cm³/mol. The molecule has 0 N–H and O–H groups in total. The summed E-state index contributed by atoms with van der Waals surface area (Å²) in [6, 6.07) is 7.24. The van der Waals surface area contributed by atoms with E-state index in [1.165, 1.54) is 0 Å². The van der Waals surface area contributed by atoms with Crippen LogP contribution < -0.4 is 14.4 Å². The topological polar surface area (TPSA) is 77.0 Å². The molecule has 0 radical (unpaired) electrons. The molecule has 2 aliphatic heterocycles. The maximum absolute atomic E-state index is 12.6. The van der Waals surface area contributed by atoms with Crippen LogP contribution in [0.5, 0.6) is 11.5 Å². The number of carbonyl (C=O) groups excluding carboxylic acids is 1. The van der Waals surface area contributed by atoms with Crippen molar-refractivity contribution in [3.8, 4) is 11.5 Å². The van der Waals surface area contributed by atoms with Gasteiger partial charge in [0.2, 0.25) is 5.95 Å². The van der Waals surface area contributed by atoms with Crippen LogP contribution in [0.4, 0.5) is 5.95 Å². The van der Waals surface area contributed by atoms with Crippen LogP contribution in [-0.2, 0) is 22.5 Å². The fourth-order valence-corrected chi connectivity index (χ4v) is 3.35. The van der Waals surface area contributed by atoms with Gasteiger partial charge in [-0.3, -0.25) is 4.79 Å². The SMILES string of the molecule is COc1cccc(OCC(=O)N2CCc3cnc(N4CCOCC4)nc3C2)c1. The Labute approximate surface area is 164 Å². The summed E-state index contributed by atoms with van der Waals surface area (Å²) in [4.78, 5) is 25.7. The summed E-state index contributed by atoms with van der Waals surface area (Å²) in [6.45, 7) is 4.07. The lowest BCUT2D eigenvalue weighted by Gasteiger charge is -2.30. The van der Waals surface area contributed by atoms with E-state index in [1.54, 1.807) is 18.1 Å². The van der Waals surface area contributed by atoms with Crippen LogP contribution in [0.15, 0.2) is 30.5 Å². The zero-order chi connectivity index (χ0) is 19.3. The zero-order valence-electron chi connectivity index (χ0n) is 16.0. The normalized spacial score (nSPS) is 16.5. The highest BCUT2D eigenvalue weighted by molar-refractivity contribution is 5.78. The summed E-state index contributed by atoms with van der Waals surface area (Å²) in [7, 11) is 1.60. The van der Waals surface area contributed by atoms with Crippen molar-refractivity contribution < 1.29 is 19.0 Å². The molecule has 0 unspecified atom stereocenters. The highest BCUT2D eigenvalue weighted by atomic mass is 16.5. The van der Waals surface area contributed by atoms with Crippen LogP contribution in [0.3, 0.4) is 0 Å². The van der Waals surface area contributed by atoms with Gasteiger partial charge in [0, 0.05) is 31.9 Å². The number of benzene rings is 1. The van der Waals surface area contributed by atoms with E-state index in [9.17, 15) is 4.79 Å². The Morgan fingerprint density at radius 2 is 2.04 bits per heavy atom. The highest BCUT2D eigenvalue weighted by Crippen LogP contribution is 2.21. The maximum atomic E-state index is 12.6. The number of rotatable bonds is 5. The van der Waals surface area contributed by atoms with E-state index in [1.807, 2.05) is 24.4 Å². The Morgan fingerprint density at radius 3 is 2.86 bits per heavy atom. The number of morpholine rings is 1. The summed E-state index contributed by atoms with van der Waals surface area (Å²) in [5.41, 5.74) is 2.02. The van der Waals surface area contributed by atoms with Gasteiger partial charge in [-0.1, -0.05) is 6.07 Å². The molecule has 8 nitrogen and oxygen atoms in total. The fraction of sp³-hybridized carbons (Fsp3) is 0.450. The third kappa shape index (κ3) is 4.17. The fourth-order valence-electron chi connectivity index (χ4n) is 3.35. The van der Waals surface area contributed by atoms with Crippen molar-refractivity contribution in [3.05, 3.63) is 41.7 Å². The molecule has 148 valence electrons. The lowest BCUT2D eigenvalue weighted by molar-refractivity contribution is -0.134. The van der Waals surface area contributed by atoms with Crippen LogP contribution in [0.2, 0.25) is 0 Å². The molecule has 28 heavy (non-hydrogen) atoms. The lowest BCUT2D eigenvalue weighted by atomic mass is 10.1. The molecule has 1 amide bonds. The average molecular weight is 384 g/mol. The summed E-state index contributed by atoms with van der Waals surface area (Å²) < 4.78 is 16.2. The number of nitrogens with zero attached hydrogens (tertiary/aromatic N) is 4. The van der Waals surface area contributed by atoms with Gasteiger partial charge in [0.05, 0.1) is 32.6 Å². The standard InChI is InChI=1S/C20H24N4O4/c1-26-16-3-2-4-17(11-16)28-14-19(25)24-6-5-15-12-21-20(22-18(15)13-24)23-7-9-27-10-8-23/h2-4,11-12H,5-10,13-14H2,1H3. The Hall–Kier alpha value is -2.87. The van der Waals surface area contributed by atoms with Gasteiger partial charge in [-0.2, -0.15) is 0 Å². The van der Waals surface area contributed by atoms with E-state index in [-0.39, 0.29) is 12.5 Å². The minimum Gasteiger partial charge on any atom is -0.497 e. The summed E-state index contributed by atoms with van der Waals surface area (Å²) in [5.74, 6) is 1.97. The third-order valence-electron chi connectivity index (χ3n) is 4.98. The second-order valence-electron chi connectivity index (χ2n) is 6.77. The van der Waals surface area contributed by atoms with Gasteiger partial charge in [0.25, 0.3) is 5.91 Å². The molecular weight excluding hydrogens is 360 g/mol. The predicted octanol–water partition coefficient (Wildman–Crippen LogP) is 1.29. The van der Waals surface area contributed by atoms with E-state index in [4.69, 9.17) is 19.2 Å². The van der Waals surface area contributed by atoms with Gasteiger partial charge in [-0.05, 0) is 24.1 Å². The Balaban J connectivity index is 1.38. The molecular formula is C20H24N4O4. The number of methoxy groups -OCH3 is 1. The Morgan fingerprint density at radius 1 is 1.21 bits per heavy atom. The second kappa shape index (κ2) is 8.43. The highest BCUT2D eigenvalue weighted by Gasteiger charge is 2.24. The first-order valence-corrected chi connectivity index (χ1v) is 9.45. The van der Waals surface area contributed by atoms with Crippen molar-refractivity contribution in [1.29, 1.82) is 0 Å². The number of fused-ring (bicyclic) bond motifs is 1. The molecule has 0 bridgehead atoms. The molecule has 0 saturated carbocycles. The minimum atomic E-state index is -0.0556. The number of carbonyl (C=O) groups is 1. The summed E-state index contributed by atoms with van der Waals surface area (Å²) in [6.07, 6.45) is 2.64. The van der Waals surface area contributed by atoms with Crippen LogP contribution in [0.25, 0.3) is 0 Å². The number of anilines is 1. The molecule has 3 heterocycles. The van der Waals surface area contributed by atoms with E-state index in [0.717, 1.165) is 30.8 Å². The van der Waals surface area contributed by atoms with Gasteiger partial charge < -0.3 is 24.0 Å². The van der Waals surface area contributed by atoms with Gasteiger partial charge in [0.1, 0.15) is 11.5 Å². The zero-order valence-corrected chi connectivity index (χ0v) is 16.0. The van der Waals surface area contributed by atoms with Crippen molar-refractivity contribution in [2.24, 2.45) is 0 Å². The van der Waals surface area contributed by atoms with E-state index < -0.39 is 0 Å². The second-order valence-corrected chi connectivity index (χ2v) is 6.77. The number of hydrogen-bond donors (Lipinski definition) is 0. The monoisotopic (exact) mass is 384 g/mol. The molecule has 1 aromatic carbocycles. The van der Waals surface area contributed by atoms with Gasteiger partial charge >= 0.3 is 0 Å². The maximum Gasteiger partial charge on any atom is 0.260 e. The van der Waals surface area contributed by atoms with E-state index >= 15 is 0 Å². The van der Waals surface area contributed by atoms with Crippen LogP contribution in [0.1, 0.15) is 11.3 Å². The Bertz CT molecular complexity index is 839. The minimum absolute atomic E-state index is 0.0100. The molecule has 2 aliphatic rings. The van der Waals surface area contributed by atoms with Crippen LogP contribution in [0, 0.1) is 0 Å². The largest absolute Gasteiger partial charge is 0.497 e. The first kappa shape index (κ1) is 18.5. The first-order chi connectivity index (χ1) is 13.7. The molecule has 8 heteroatoms. The van der Waals surface area contributed by atoms with Crippen molar-refractivity contribution in [2.75, 3.05) is 51.5 Å². The number of hydrogen-bond acceptors (Lipinski definition) is 7.